The van der Waals surface area contributed by atoms with E-state index in [-0.39, 0.29) is 5.82 Å². The fourth-order valence-electron chi connectivity index (χ4n) is 0.465. The molecule has 1 N–H and O–H groups in total. The summed E-state index contributed by atoms with van der Waals surface area (Å²) in [5, 5.41) is 11.1. The lowest BCUT2D eigenvalue weighted by Crippen LogP contribution is -1.91. The molecule has 0 aliphatic carbocycles. The number of hydrogen-bond donors (Lipinski definition) is 1. The summed E-state index contributed by atoms with van der Waals surface area (Å²) >= 11 is 5.49. The lowest BCUT2D eigenvalue weighted by Gasteiger charge is -1.88. The Labute approximate surface area is 62.2 Å². The van der Waals surface area contributed by atoms with Gasteiger partial charge in [0, 0.05) is 6.20 Å². The van der Waals surface area contributed by atoms with Crippen LogP contribution in [0, 0.1) is 0 Å². The Bertz CT molecular complexity index is 250. The third-order valence-corrected chi connectivity index (χ3v) is 1.02. The SMILES string of the molecule is O/N=C/c1nccc(Cl)n1. The second-order valence-electron chi connectivity index (χ2n) is 1.48. The maximum Gasteiger partial charge on any atom is 0.175 e. The van der Waals surface area contributed by atoms with Crippen LogP contribution in [-0.4, -0.2) is 21.4 Å². The quantitative estimate of drug-likeness (QED) is 0.286. The van der Waals surface area contributed by atoms with E-state index in [9.17, 15) is 0 Å². The predicted molar refractivity (Wildman–Crippen MR) is 36.4 cm³/mol. The summed E-state index contributed by atoms with van der Waals surface area (Å²) in [5.74, 6) is 0.287. The summed E-state index contributed by atoms with van der Waals surface area (Å²) in [7, 11) is 0. The van der Waals surface area contributed by atoms with Crippen LogP contribution in [0.2, 0.25) is 5.15 Å². The molecule has 0 saturated heterocycles. The summed E-state index contributed by atoms with van der Waals surface area (Å²) in [4.78, 5) is 7.43. The Morgan fingerprint density at radius 1 is 1.70 bits per heavy atom. The van der Waals surface area contributed by atoms with E-state index >= 15 is 0 Å². The minimum absolute atomic E-state index is 0.287. The van der Waals surface area contributed by atoms with Crippen LogP contribution >= 0.6 is 11.6 Å². The van der Waals surface area contributed by atoms with Gasteiger partial charge in [0.05, 0.1) is 0 Å². The number of hydrogen-bond acceptors (Lipinski definition) is 4. The Morgan fingerprint density at radius 3 is 3.10 bits per heavy atom. The molecular weight excluding hydrogens is 154 g/mol. The molecule has 0 spiro atoms. The summed E-state index contributed by atoms with van der Waals surface area (Å²) in [5.41, 5.74) is 0. The molecule has 0 bridgehead atoms. The Hall–Kier alpha value is -1.16. The molecule has 1 aromatic rings. The average molecular weight is 158 g/mol. The first-order valence-corrected chi connectivity index (χ1v) is 2.86. The van der Waals surface area contributed by atoms with Crippen LogP contribution in [0.3, 0.4) is 0 Å². The van der Waals surface area contributed by atoms with Crippen molar-refractivity contribution >= 4 is 17.8 Å². The lowest BCUT2D eigenvalue weighted by atomic mass is 10.6. The van der Waals surface area contributed by atoms with Gasteiger partial charge in [-0.25, -0.2) is 9.97 Å². The molecule has 10 heavy (non-hydrogen) atoms. The van der Waals surface area contributed by atoms with Crippen molar-refractivity contribution in [3.8, 4) is 0 Å². The van der Waals surface area contributed by atoms with E-state index in [0.717, 1.165) is 6.21 Å². The molecule has 5 heteroatoms. The van der Waals surface area contributed by atoms with Gasteiger partial charge in [-0.15, -0.1) is 0 Å². The van der Waals surface area contributed by atoms with E-state index in [1.165, 1.54) is 12.3 Å². The van der Waals surface area contributed by atoms with Gasteiger partial charge in [0.1, 0.15) is 11.4 Å². The predicted octanol–water partition coefficient (Wildman–Crippen LogP) is 0.938. The van der Waals surface area contributed by atoms with Crippen molar-refractivity contribution in [1.82, 2.24) is 9.97 Å². The Kier molecular flexibility index (Phi) is 2.17. The highest BCUT2D eigenvalue weighted by Crippen LogP contribution is 1.99. The van der Waals surface area contributed by atoms with E-state index in [1.54, 1.807) is 0 Å². The molecule has 0 aliphatic heterocycles. The standard InChI is InChI=1S/C5H4ClN3O/c6-4-1-2-7-5(9-4)3-8-10/h1-3,10H/b8-3+. The van der Waals surface area contributed by atoms with Crippen molar-refractivity contribution in [3.05, 3.63) is 23.2 Å². The molecule has 1 heterocycles. The van der Waals surface area contributed by atoms with E-state index in [0.29, 0.717) is 5.15 Å². The second kappa shape index (κ2) is 3.12. The van der Waals surface area contributed by atoms with Crippen LogP contribution in [0.1, 0.15) is 5.82 Å². The van der Waals surface area contributed by atoms with Gasteiger partial charge in [-0.05, 0) is 6.07 Å². The van der Waals surface area contributed by atoms with Crippen molar-refractivity contribution in [3.63, 3.8) is 0 Å². The zero-order valence-electron chi connectivity index (χ0n) is 4.90. The largest absolute Gasteiger partial charge is 0.411 e. The molecule has 0 radical (unpaired) electrons. The molecular formula is C5H4ClN3O. The molecule has 0 aromatic carbocycles. The fourth-order valence-corrected chi connectivity index (χ4v) is 0.607. The van der Waals surface area contributed by atoms with Crippen LogP contribution in [-0.2, 0) is 0 Å². The number of aromatic nitrogens is 2. The Morgan fingerprint density at radius 2 is 2.50 bits per heavy atom. The maximum atomic E-state index is 8.06. The van der Waals surface area contributed by atoms with Crippen molar-refractivity contribution in [2.75, 3.05) is 0 Å². The fraction of sp³-hybridized carbons (Fsp3) is 0. The van der Waals surface area contributed by atoms with Crippen LogP contribution < -0.4 is 0 Å². The van der Waals surface area contributed by atoms with Crippen molar-refractivity contribution < 1.29 is 5.21 Å². The summed E-state index contributed by atoms with van der Waals surface area (Å²) < 4.78 is 0. The van der Waals surface area contributed by atoms with Crippen molar-refractivity contribution in [2.24, 2.45) is 5.16 Å². The highest BCUT2D eigenvalue weighted by atomic mass is 35.5. The summed E-state index contributed by atoms with van der Waals surface area (Å²) in [6.45, 7) is 0. The van der Waals surface area contributed by atoms with Crippen LogP contribution in [0.5, 0.6) is 0 Å². The first-order chi connectivity index (χ1) is 4.83. The molecule has 52 valence electrons. The van der Waals surface area contributed by atoms with E-state index in [4.69, 9.17) is 16.8 Å². The van der Waals surface area contributed by atoms with Gasteiger partial charge in [0.25, 0.3) is 0 Å². The molecule has 0 fully saturated rings. The third kappa shape index (κ3) is 1.66. The molecule has 0 atom stereocenters. The maximum absolute atomic E-state index is 8.06. The van der Waals surface area contributed by atoms with E-state index < -0.39 is 0 Å². The summed E-state index contributed by atoms with van der Waals surface area (Å²) in [6.07, 6.45) is 2.58. The van der Waals surface area contributed by atoms with Crippen LogP contribution in [0.4, 0.5) is 0 Å². The second-order valence-corrected chi connectivity index (χ2v) is 1.87. The van der Waals surface area contributed by atoms with Gasteiger partial charge in [0.15, 0.2) is 5.82 Å². The number of oxime groups is 1. The first kappa shape index (κ1) is 6.95. The van der Waals surface area contributed by atoms with E-state index in [2.05, 4.69) is 15.1 Å². The Balaban J connectivity index is 2.95. The van der Waals surface area contributed by atoms with Crippen molar-refractivity contribution in [1.29, 1.82) is 0 Å². The zero-order valence-corrected chi connectivity index (χ0v) is 5.65. The number of rotatable bonds is 1. The molecule has 1 rings (SSSR count). The molecule has 4 nitrogen and oxygen atoms in total. The van der Waals surface area contributed by atoms with Crippen LogP contribution in [0.15, 0.2) is 17.4 Å². The van der Waals surface area contributed by atoms with Gasteiger partial charge in [0.2, 0.25) is 0 Å². The average Bonchev–Trinajstić information content (AvgIpc) is 1.88. The monoisotopic (exact) mass is 157 g/mol. The topological polar surface area (TPSA) is 58.4 Å². The third-order valence-electron chi connectivity index (χ3n) is 0.813. The summed E-state index contributed by atoms with van der Waals surface area (Å²) in [6, 6.07) is 1.54. The van der Waals surface area contributed by atoms with Crippen LogP contribution in [0.25, 0.3) is 0 Å². The number of nitrogens with zero attached hydrogens (tertiary/aromatic N) is 3. The smallest absolute Gasteiger partial charge is 0.175 e. The molecule has 0 unspecified atom stereocenters. The molecule has 0 saturated carbocycles. The number of halogens is 1. The highest BCUT2D eigenvalue weighted by molar-refractivity contribution is 6.29. The van der Waals surface area contributed by atoms with Gasteiger partial charge in [-0.3, -0.25) is 0 Å². The van der Waals surface area contributed by atoms with Gasteiger partial charge < -0.3 is 5.21 Å². The molecule has 1 aromatic heterocycles. The minimum atomic E-state index is 0.287. The first-order valence-electron chi connectivity index (χ1n) is 2.49. The molecule has 0 aliphatic rings. The minimum Gasteiger partial charge on any atom is -0.411 e. The van der Waals surface area contributed by atoms with Gasteiger partial charge in [-0.1, -0.05) is 16.8 Å². The highest BCUT2D eigenvalue weighted by Gasteiger charge is 1.91. The van der Waals surface area contributed by atoms with Crippen molar-refractivity contribution in [2.45, 2.75) is 0 Å². The van der Waals surface area contributed by atoms with Gasteiger partial charge >= 0.3 is 0 Å². The zero-order chi connectivity index (χ0) is 7.40. The molecule has 0 amide bonds. The lowest BCUT2D eigenvalue weighted by molar-refractivity contribution is 0.321. The van der Waals surface area contributed by atoms with Gasteiger partial charge in [-0.2, -0.15) is 0 Å². The normalized spacial score (nSPS) is 10.5. The van der Waals surface area contributed by atoms with E-state index in [1.807, 2.05) is 0 Å².